The zero-order chi connectivity index (χ0) is 12.1. The van der Waals surface area contributed by atoms with Crippen molar-refractivity contribution in [2.45, 2.75) is 31.6 Å². The van der Waals surface area contributed by atoms with E-state index in [1.165, 1.54) is 6.42 Å². The Labute approximate surface area is 107 Å². The molecule has 0 aromatic carbocycles. The molecule has 0 aliphatic heterocycles. The summed E-state index contributed by atoms with van der Waals surface area (Å²) in [5.41, 5.74) is 1.07. The molecule has 1 aromatic heterocycles. The highest BCUT2D eigenvalue weighted by Crippen LogP contribution is 2.26. The standard InChI is InChI=1S/C11H20ClN3S/c1-5-8(2)16-7-10(13-3)11-9(12)6-14-15(11)4/h6,8,10,13H,5,7H2,1-4H3. The lowest BCUT2D eigenvalue weighted by atomic mass is 10.2. The number of aryl methyl sites for hydroxylation is 1. The average molecular weight is 262 g/mol. The van der Waals surface area contributed by atoms with Crippen molar-refractivity contribution in [2.75, 3.05) is 12.8 Å². The molecule has 0 spiro atoms. The molecule has 0 amide bonds. The molecule has 1 N–H and O–H groups in total. The van der Waals surface area contributed by atoms with Crippen LogP contribution in [-0.2, 0) is 7.05 Å². The first-order valence-electron chi connectivity index (χ1n) is 5.56. The van der Waals surface area contributed by atoms with Crippen LogP contribution in [-0.4, -0.2) is 27.8 Å². The Kier molecular flexibility index (Phi) is 5.66. The molecule has 5 heteroatoms. The maximum Gasteiger partial charge on any atom is 0.0834 e. The van der Waals surface area contributed by atoms with E-state index >= 15 is 0 Å². The first kappa shape index (κ1) is 13.9. The van der Waals surface area contributed by atoms with Gasteiger partial charge in [-0.2, -0.15) is 16.9 Å². The van der Waals surface area contributed by atoms with E-state index in [0.717, 1.165) is 16.5 Å². The molecule has 2 unspecified atom stereocenters. The minimum absolute atomic E-state index is 0.263. The van der Waals surface area contributed by atoms with Gasteiger partial charge in [-0.05, 0) is 13.5 Å². The summed E-state index contributed by atoms with van der Waals surface area (Å²) in [7, 11) is 3.89. The number of hydrogen-bond donors (Lipinski definition) is 1. The fraction of sp³-hybridized carbons (Fsp3) is 0.727. The second-order valence-corrected chi connectivity index (χ2v) is 5.77. The number of hydrogen-bond acceptors (Lipinski definition) is 3. The van der Waals surface area contributed by atoms with E-state index in [1.807, 2.05) is 30.5 Å². The molecular formula is C11H20ClN3S. The molecule has 0 saturated heterocycles. The molecule has 0 bridgehead atoms. The lowest BCUT2D eigenvalue weighted by molar-refractivity contribution is 0.585. The van der Waals surface area contributed by atoms with E-state index < -0.39 is 0 Å². The Hall–Kier alpha value is -0.190. The number of aromatic nitrogens is 2. The second-order valence-electron chi connectivity index (χ2n) is 3.89. The maximum atomic E-state index is 6.14. The van der Waals surface area contributed by atoms with Crippen LogP contribution in [0.15, 0.2) is 6.20 Å². The van der Waals surface area contributed by atoms with Crippen LogP contribution in [0.5, 0.6) is 0 Å². The van der Waals surface area contributed by atoms with E-state index in [-0.39, 0.29) is 6.04 Å². The fourth-order valence-electron chi connectivity index (χ4n) is 1.49. The molecule has 3 nitrogen and oxygen atoms in total. The first-order valence-corrected chi connectivity index (χ1v) is 6.99. The quantitative estimate of drug-likeness (QED) is 0.854. The van der Waals surface area contributed by atoms with Crippen molar-refractivity contribution in [1.82, 2.24) is 15.1 Å². The minimum Gasteiger partial charge on any atom is -0.311 e. The van der Waals surface area contributed by atoms with Crippen molar-refractivity contribution in [3.05, 3.63) is 16.9 Å². The number of halogens is 1. The molecule has 0 fully saturated rings. The van der Waals surface area contributed by atoms with Crippen LogP contribution in [0.4, 0.5) is 0 Å². The molecule has 1 rings (SSSR count). The van der Waals surface area contributed by atoms with Gasteiger partial charge in [0, 0.05) is 18.1 Å². The van der Waals surface area contributed by atoms with E-state index in [4.69, 9.17) is 11.6 Å². The molecule has 1 heterocycles. The number of nitrogens with zero attached hydrogens (tertiary/aromatic N) is 2. The van der Waals surface area contributed by atoms with E-state index in [2.05, 4.69) is 24.3 Å². The molecular weight excluding hydrogens is 242 g/mol. The summed E-state index contributed by atoms with van der Waals surface area (Å²) in [4.78, 5) is 0. The normalized spacial score (nSPS) is 15.1. The van der Waals surface area contributed by atoms with Crippen molar-refractivity contribution < 1.29 is 0 Å². The van der Waals surface area contributed by atoms with Crippen LogP contribution >= 0.6 is 23.4 Å². The van der Waals surface area contributed by atoms with Gasteiger partial charge >= 0.3 is 0 Å². The van der Waals surface area contributed by atoms with Crippen molar-refractivity contribution in [3.63, 3.8) is 0 Å². The lowest BCUT2D eigenvalue weighted by Gasteiger charge is -2.18. The van der Waals surface area contributed by atoms with Gasteiger partial charge in [-0.25, -0.2) is 0 Å². The molecule has 0 aliphatic rings. The number of thioether (sulfide) groups is 1. The molecule has 0 saturated carbocycles. The zero-order valence-electron chi connectivity index (χ0n) is 10.3. The fourth-order valence-corrected chi connectivity index (χ4v) is 2.87. The Balaban J connectivity index is 2.67. The lowest BCUT2D eigenvalue weighted by Crippen LogP contribution is -2.22. The highest BCUT2D eigenvalue weighted by atomic mass is 35.5. The highest BCUT2D eigenvalue weighted by molar-refractivity contribution is 7.99. The minimum atomic E-state index is 0.263. The van der Waals surface area contributed by atoms with Crippen molar-refractivity contribution >= 4 is 23.4 Å². The second kappa shape index (κ2) is 6.52. The summed E-state index contributed by atoms with van der Waals surface area (Å²) in [5.74, 6) is 1.02. The van der Waals surface area contributed by atoms with Crippen LogP contribution in [0.3, 0.4) is 0 Å². The van der Waals surface area contributed by atoms with Gasteiger partial charge in [0.2, 0.25) is 0 Å². The molecule has 92 valence electrons. The van der Waals surface area contributed by atoms with Gasteiger partial charge in [-0.1, -0.05) is 25.4 Å². The van der Waals surface area contributed by atoms with Crippen molar-refractivity contribution in [2.24, 2.45) is 7.05 Å². The predicted octanol–water partition coefficient (Wildman–Crippen LogP) is 2.87. The summed E-state index contributed by atoms with van der Waals surface area (Å²) in [6, 6.07) is 0.263. The Morgan fingerprint density at radius 2 is 2.31 bits per heavy atom. The summed E-state index contributed by atoms with van der Waals surface area (Å²) in [6.45, 7) is 4.46. The maximum absolute atomic E-state index is 6.14. The third-order valence-electron chi connectivity index (χ3n) is 2.74. The monoisotopic (exact) mass is 261 g/mol. The number of rotatable bonds is 6. The first-order chi connectivity index (χ1) is 7.60. The summed E-state index contributed by atoms with van der Waals surface area (Å²) >= 11 is 8.10. The van der Waals surface area contributed by atoms with Gasteiger partial charge in [0.25, 0.3) is 0 Å². The topological polar surface area (TPSA) is 29.9 Å². The summed E-state index contributed by atoms with van der Waals surface area (Å²) in [6.07, 6.45) is 2.90. The van der Waals surface area contributed by atoms with E-state index in [0.29, 0.717) is 5.25 Å². The smallest absolute Gasteiger partial charge is 0.0834 e. The van der Waals surface area contributed by atoms with E-state index in [9.17, 15) is 0 Å². The predicted molar refractivity (Wildman–Crippen MR) is 72.2 cm³/mol. The van der Waals surface area contributed by atoms with Gasteiger partial charge < -0.3 is 5.32 Å². The van der Waals surface area contributed by atoms with Gasteiger partial charge in [-0.15, -0.1) is 0 Å². The SMILES string of the molecule is CCC(C)SCC(NC)c1c(Cl)cnn1C. The molecule has 1 aromatic rings. The molecule has 0 radical (unpaired) electrons. The van der Waals surface area contributed by atoms with Gasteiger partial charge in [0.05, 0.1) is 23.0 Å². The van der Waals surface area contributed by atoms with Crippen LogP contribution in [0, 0.1) is 0 Å². The van der Waals surface area contributed by atoms with Crippen LogP contribution in [0.2, 0.25) is 5.02 Å². The van der Waals surface area contributed by atoms with E-state index in [1.54, 1.807) is 6.20 Å². The van der Waals surface area contributed by atoms with Gasteiger partial charge in [-0.3, -0.25) is 4.68 Å². The van der Waals surface area contributed by atoms with Gasteiger partial charge in [0.15, 0.2) is 0 Å². The largest absolute Gasteiger partial charge is 0.311 e. The zero-order valence-corrected chi connectivity index (χ0v) is 11.9. The summed E-state index contributed by atoms with van der Waals surface area (Å²) in [5, 5.41) is 8.89. The highest BCUT2D eigenvalue weighted by Gasteiger charge is 2.18. The molecule has 16 heavy (non-hydrogen) atoms. The van der Waals surface area contributed by atoms with Crippen LogP contribution < -0.4 is 5.32 Å². The Bertz CT molecular complexity index is 308. The average Bonchev–Trinajstić information content (AvgIpc) is 2.61. The molecule has 0 aliphatic carbocycles. The summed E-state index contributed by atoms with van der Waals surface area (Å²) < 4.78 is 1.85. The van der Waals surface area contributed by atoms with Crippen LogP contribution in [0.1, 0.15) is 32.0 Å². The number of nitrogens with one attached hydrogen (secondary N) is 1. The van der Waals surface area contributed by atoms with Crippen LogP contribution in [0.25, 0.3) is 0 Å². The Morgan fingerprint density at radius 1 is 1.62 bits per heavy atom. The molecule has 2 atom stereocenters. The van der Waals surface area contributed by atoms with Crippen molar-refractivity contribution in [3.8, 4) is 0 Å². The van der Waals surface area contributed by atoms with Crippen molar-refractivity contribution in [1.29, 1.82) is 0 Å². The van der Waals surface area contributed by atoms with Gasteiger partial charge in [0.1, 0.15) is 0 Å². The Morgan fingerprint density at radius 3 is 2.75 bits per heavy atom. The third-order valence-corrected chi connectivity index (χ3v) is 4.46. The third kappa shape index (κ3) is 3.40.